The molecule has 0 saturated carbocycles. The SMILES string of the molecule is CN1C(c2ccccc2)=c2ccccc2=NC1n1c2ccccc2c2cc(C3(C)C=Cc4c(c5ccccc5n4-c4ccccc4)C3)ccc21. The summed E-state index contributed by atoms with van der Waals surface area (Å²) >= 11 is 0. The van der Waals surface area contributed by atoms with Gasteiger partial charge in [0, 0.05) is 45.2 Å². The zero-order valence-corrected chi connectivity index (χ0v) is 28.2. The van der Waals surface area contributed by atoms with Gasteiger partial charge in [-0.05, 0) is 71.7 Å². The van der Waals surface area contributed by atoms with Gasteiger partial charge < -0.3 is 14.0 Å². The summed E-state index contributed by atoms with van der Waals surface area (Å²) in [7, 11) is 2.18. The second-order valence-corrected chi connectivity index (χ2v) is 13.9. The Kier molecular flexibility index (Phi) is 6.31. The van der Waals surface area contributed by atoms with Crippen molar-refractivity contribution in [1.29, 1.82) is 0 Å². The van der Waals surface area contributed by atoms with E-state index in [2.05, 4.69) is 192 Å². The summed E-state index contributed by atoms with van der Waals surface area (Å²) in [4.78, 5) is 7.75. The smallest absolute Gasteiger partial charge is 0.203 e. The molecule has 0 amide bonds. The van der Waals surface area contributed by atoms with Crippen LogP contribution in [0.3, 0.4) is 0 Å². The molecule has 6 aromatic carbocycles. The quantitative estimate of drug-likeness (QED) is 0.188. The topological polar surface area (TPSA) is 25.5 Å². The zero-order valence-electron chi connectivity index (χ0n) is 28.2. The van der Waals surface area contributed by atoms with Crippen molar-refractivity contribution in [3.05, 3.63) is 191 Å². The van der Waals surface area contributed by atoms with Crippen LogP contribution in [-0.4, -0.2) is 21.1 Å². The molecular weight excluding hydrogens is 609 g/mol. The van der Waals surface area contributed by atoms with E-state index >= 15 is 0 Å². The van der Waals surface area contributed by atoms with Gasteiger partial charge >= 0.3 is 0 Å². The van der Waals surface area contributed by atoms with Crippen LogP contribution in [0, 0.1) is 0 Å². The minimum Gasteiger partial charge on any atom is -0.335 e. The summed E-state index contributed by atoms with van der Waals surface area (Å²) in [6.45, 7) is 2.39. The molecule has 0 N–H and O–H groups in total. The first-order valence-electron chi connectivity index (χ1n) is 17.4. The van der Waals surface area contributed by atoms with Crippen molar-refractivity contribution in [3.63, 3.8) is 0 Å². The first kappa shape index (κ1) is 28.8. The molecule has 1 aliphatic carbocycles. The van der Waals surface area contributed by atoms with Crippen molar-refractivity contribution in [3.8, 4) is 5.69 Å². The number of benzene rings is 6. The number of allylic oxidation sites excluding steroid dienone is 1. The molecule has 10 rings (SSSR count). The number of hydrogen-bond acceptors (Lipinski definition) is 2. The van der Waals surface area contributed by atoms with E-state index in [-0.39, 0.29) is 11.7 Å². The van der Waals surface area contributed by atoms with Gasteiger partial charge in [-0.2, -0.15) is 0 Å². The Morgan fingerprint density at radius 3 is 2.12 bits per heavy atom. The third-order valence-corrected chi connectivity index (χ3v) is 10.9. The normalized spacial score (nSPS) is 18.4. The fourth-order valence-electron chi connectivity index (χ4n) is 8.53. The molecule has 2 aromatic heterocycles. The maximum atomic E-state index is 5.41. The van der Waals surface area contributed by atoms with E-state index in [0.717, 1.165) is 17.0 Å². The van der Waals surface area contributed by atoms with E-state index in [9.17, 15) is 0 Å². The highest BCUT2D eigenvalue weighted by Gasteiger charge is 2.33. The molecule has 2 unspecified atom stereocenters. The standard InChI is InChI=1S/C46H36N4/c1-46(28-27-43-38(30-46)35-20-11-13-23-40(35)49(43)33-17-7-4-8-18-33)32-25-26-42-37(29-32)34-19-10-14-24-41(34)50(42)45-47-39-22-12-9-21-36(39)44(48(45)2)31-15-5-3-6-16-31/h3-29,45H,30H2,1-2H3. The maximum absolute atomic E-state index is 5.41. The highest BCUT2D eigenvalue weighted by molar-refractivity contribution is 6.08. The third-order valence-electron chi connectivity index (χ3n) is 10.9. The molecule has 0 spiro atoms. The lowest BCUT2D eigenvalue weighted by molar-refractivity contribution is 0.271. The van der Waals surface area contributed by atoms with Crippen molar-refractivity contribution in [2.45, 2.75) is 25.0 Å². The molecular formula is C46H36N4. The van der Waals surface area contributed by atoms with Crippen molar-refractivity contribution in [1.82, 2.24) is 14.0 Å². The summed E-state index contributed by atoms with van der Waals surface area (Å²) in [5, 5.41) is 6.01. The average Bonchev–Trinajstić information content (AvgIpc) is 3.67. The minimum absolute atomic E-state index is 0.171. The van der Waals surface area contributed by atoms with Gasteiger partial charge in [0.05, 0.1) is 27.6 Å². The Hall–Kier alpha value is -6.13. The number of fused-ring (bicyclic) bond motifs is 7. The molecule has 0 saturated heterocycles. The minimum atomic E-state index is -0.245. The molecule has 0 fully saturated rings. The van der Waals surface area contributed by atoms with Crippen LogP contribution >= 0.6 is 0 Å². The van der Waals surface area contributed by atoms with E-state index < -0.39 is 0 Å². The predicted molar refractivity (Wildman–Crippen MR) is 206 cm³/mol. The van der Waals surface area contributed by atoms with Crippen LogP contribution < -0.4 is 10.6 Å². The zero-order chi connectivity index (χ0) is 33.4. The Labute approximate surface area is 291 Å². The predicted octanol–water partition coefficient (Wildman–Crippen LogP) is 9.14. The highest BCUT2D eigenvalue weighted by atomic mass is 15.4. The van der Waals surface area contributed by atoms with Gasteiger partial charge in [0.2, 0.25) is 6.29 Å². The molecule has 3 heterocycles. The van der Waals surface area contributed by atoms with Crippen molar-refractivity contribution in [2.75, 3.05) is 7.05 Å². The summed E-state index contributed by atoms with van der Waals surface area (Å²) in [6, 6.07) is 54.7. The van der Waals surface area contributed by atoms with E-state index in [4.69, 9.17) is 4.99 Å². The highest BCUT2D eigenvalue weighted by Crippen LogP contribution is 2.43. The summed E-state index contributed by atoms with van der Waals surface area (Å²) < 4.78 is 4.85. The molecule has 50 heavy (non-hydrogen) atoms. The average molecular weight is 645 g/mol. The van der Waals surface area contributed by atoms with Crippen LogP contribution in [0.4, 0.5) is 0 Å². The van der Waals surface area contributed by atoms with Gasteiger partial charge in [-0.3, -0.25) is 0 Å². The molecule has 2 aliphatic rings. The van der Waals surface area contributed by atoms with Crippen molar-refractivity contribution < 1.29 is 0 Å². The largest absolute Gasteiger partial charge is 0.335 e. The Balaban J connectivity index is 1.13. The van der Waals surface area contributed by atoms with Gasteiger partial charge in [0.25, 0.3) is 0 Å². The van der Waals surface area contributed by atoms with E-state index in [0.29, 0.717) is 0 Å². The van der Waals surface area contributed by atoms with E-state index in [1.807, 2.05) is 0 Å². The first-order chi connectivity index (χ1) is 24.6. The fraction of sp³-hybridized carbons (Fsp3) is 0.109. The van der Waals surface area contributed by atoms with Gasteiger partial charge in [-0.1, -0.05) is 122 Å². The van der Waals surface area contributed by atoms with E-state index in [1.165, 1.54) is 66.5 Å². The van der Waals surface area contributed by atoms with Crippen LogP contribution in [0.2, 0.25) is 0 Å². The van der Waals surface area contributed by atoms with Crippen molar-refractivity contribution in [2.24, 2.45) is 4.99 Å². The second kappa shape index (κ2) is 10.9. The molecule has 8 aromatic rings. The lowest BCUT2D eigenvalue weighted by Gasteiger charge is -2.34. The molecule has 0 radical (unpaired) electrons. The van der Waals surface area contributed by atoms with Gasteiger partial charge in [0.1, 0.15) is 0 Å². The summed E-state index contributed by atoms with van der Waals surface area (Å²) in [5.74, 6) is 0. The second-order valence-electron chi connectivity index (χ2n) is 13.9. The number of hydrogen-bond donors (Lipinski definition) is 0. The Morgan fingerprint density at radius 1 is 0.640 bits per heavy atom. The summed E-state index contributed by atoms with van der Waals surface area (Å²) in [6.07, 6.45) is 5.46. The Bertz CT molecular complexity index is 2770. The summed E-state index contributed by atoms with van der Waals surface area (Å²) in [5.41, 5.74) is 11.0. The van der Waals surface area contributed by atoms with Gasteiger partial charge in [0.15, 0.2) is 0 Å². The lowest BCUT2D eigenvalue weighted by atomic mass is 9.73. The number of nitrogens with zero attached hydrogens (tertiary/aromatic N) is 4. The van der Waals surface area contributed by atoms with Crippen LogP contribution in [-0.2, 0) is 11.8 Å². The molecule has 4 nitrogen and oxygen atoms in total. The monoisotopic (exact) mass is 644 g/mol. The third kappa shape index (κ3) is 4.21. The van der Waals surface area contributed by atoms with E-state index in [1.54, 1.807) is 0 Å². The van der Waals surface area contributed by atoms with Gasteiger partial charge in [-0.15, -0.1) is 0 Å². The van der Waals surface area contributed by atoms with Crippen molar-refractivity contribution >= 4 is 44.5 Å². The maximum Gasteiger partial charge on any atom is 0.203 e. The van der Waals surface area contributed by atoms with Crippen LogP contribution in [0.1, 0.15) is 35.6 Å². The molecule has 0 bridgehead atoms. The molecule has 2 atom stereocenters. The Morgan fingerprint density at radius 2 is 1.30 bits per heavy atom. The molecule has 240 valence electrons. The molecule has 1 aliphatic heterocycles. The first-order valence-corrected chi connectivity index (χ1v) is 17.4. The van der Waals surface area contributed by atoms with Crippen LogP contribution in [0.15, 0.2) is 163 Å². The van der Waals surface area contributed by atoms with Gasteiger partial charge in [-0.25, -0.2) is 4.99 Å². The number of rotatable bonds is 4. The number of para-hydroxylation sites is 4. The van der Waals surface area contributed by atoms with Crippen LogP contribution in [0.25, 0.3) is 50.2 Å². The fourth-order valence-corrected chi connectivity index (χ4v) is 8.53. The van der Waals surface area contributed by atoms with Crippen LogP contribution in [0.5, 0.6) is 0 Å². The number of aromatic nitrogens is 2. The lowest BCUT2D eigenvalue weighted by Crippen LogP contribution is -2.42. The molecule has 4 heteroatoms.